The van der Waals surface area contributed by atoms with Crippen molar-refractivity contribution in [3.05, 3.63) is 0 Å². The molecule has 0 radical (unpaired) electrons. The molecule has 0 saturated carbocycles. The number of sulfone groups is 1. The molecule has 0 aromatic carbocycles. The maximum absolute atomic E-state index is 10.7. The number of aliphatic hydroxyl groups excluding tert-OH is 1. The second kappa shape index (κ2) is 3.08. The van der Waals surface area contributed by atoms with Gasteiger partial charge in [-0.15, -0.1) is 0 Å². The number of aliphatic hydroxyl groups is 1. The average molecular weight is 179 g/mol. The van der Waals surface area contributed by atoms with Crippen LogP contribution in [0.1, 0.15) is 6.92 Å². The van der Waals surface area contributed by atoms with E-state index in [0.717, 1.165) is 0 Å². The average Bonchev–Trinajstić information content (AvgIpc) is 1.83. The molecule has 1 unspecified atom stereocenters. The van der Waals surface area contributed by atoms with E-state index in [1.807, 2.05) is 6.92 Å². The second-order valence-electron chi connectivity index (χ2n) is 3.02. The van der Waals surface area contributed by atoms with E-state index in [0.29, 0.717) is 0 Å². The van der Waals surface area contributed by atoms with Gasteiger partial charge in [0, 0.05) is 12.1 Å². The summed E-state index contributed by atoms with van der Waals surface area (Å²) in [6.45, 7) is 1.88. The van der Waals surface area contributed by atoms with Gasteiger partial charge < -0.3 is 10.4 Å². The molecule has 0 amide bonds. The van der Waals surface area contributed by atoms with Crippen LogP contribution in [0.4, 0.5) is 0 Å². The molecule has 4 nitrogen and oxygen atoms in total. The van der Waals surface area contributed by atoms with E-state index in [4.69, 9.17) is 5.11 Å². The van der Waals surface area contributed by atoms with Gasteiger partial charge in [-0.3, -0.25) is 0 Å². The lowest BCUT2D eigenvalue weighted by molar-refractivity contribution is 0.243. The van der Waals surface area contributed by atoms with Crippen LogP contribution in [-0.4, -0.2) is 43.7 Å². The Kier molecular flexibility index (Phi) is 2.51. The van der Waals surface area contributed by atoms with Crippen LogP contribution in [0.5, 0.6) is 0 Å². The first-order valence-electron chi connectivity index (χ1n) is 3.61. The van der Waals surface area contributed by atoms with E-state index < -0.39 is 9.84 Å². The topological polar surface area (TPSA) is 66.4 Å². The van der Waals surface area contributed by atoms with Crippen molar-refractivity contribution in [3.63, 3.8) is 0 Å². The maximum Gasteiger partial charge on any atom is 0.153 e. The lowest BCUT2D eigenvalue weighted by Crippen LogP contribution is -2.54. The lowest BCUT2D eigenvalue weighted by atomic mass is 10.3. The fraction of sp³-hybridized carbons (Fsp3) is 1.00. The molecule has 0 aliphatic carbocycles. The minimum atomic E-state index is -2.73. The lowest BCUT2D eigenvalue weighted by Gasteiger charge is -2.29. The zero-order valence-corrected chi connectivity index (χ0v) is 7.26. The Labute approximate surface area is 66.5 Å². The Morgan fingerprint density at radius 1 is 1.64 bits per heavy atom. The Morgan fingerprint density at radius 2 is 2.18 bits per heavy atom. The van der Waals surface area contributed by atoms with Crippen molar-refractivity contribution < 1.29 is 13.5 Å². The van der Waals surface area contributed by atoms with E-state index >= 15 is 0 Å². The monoisotopic (exact) mass is 179 g/mol. The summed E-state index contributed by atoms with van der Waals surface area (Å²) < 4.78 is 21.3. The summed E-state index contributed by atoms with van der Waals surface area (Å²) in [7, 11) is -2.73. The van der Waals surface area contributed by atoms with Gasteiger partial charge in [0.1, 0.15) is 0 Å². The van der Waals surface area contributed by atoms with Crippen molar-refractivity contribution in [1.29, 1.82) is 0 Å². The molecule has 1 atom stereocenters. The highest BCUT2D eigenvalue weighted by molar-refractivity contribution is 7.92. The molecule has 66 valence electrons. The normalized spacial score (nSPS) is 26.0. The van der Waals surface area contributed by atoms with E-state index in [9.17, 15) is 8.42 Å². The number of rotatable bonds is 3. The van der Waals surface area contributed by atoms with Gasteiger partial charge in [0.25, 0.3) is 0 Å². The highest BCUT2D eigenvalue weighted by atomic mass is 32.2. The van der Waals surface area contributed by atoms with Crippen molar-refractivity contribution in [2.24, 2.45) is 0 Å². The van der Waals surface area contributed by atoms with Crippen LogP contribution in [0.25, 0.3) is 0 Å². The van der Waals surface area contributed by atoms with Crippen LogP contribution >= 0.6 is 0 Å². The smallest absolute Gasteiger partial charge is 0.153 e. The van der Waals surface area contributed by atoms with Crippen molar-refractivity contribution in [1.82, 2.24) is 5.32 Å². The maximum atomic E-state index is 10.7. The Hall–Kier alpha value is -0.130. The standard InChI is InChI=1S/C6H13NO3S/c1-5(2-8)7-6-3-11(9,10)4-6/h5-8H,2-4H2,1H3. The molecule has 0 aromatic heterocycles. The predicted octanol–water partition coefficient (Wildman–Crippen LogP) is -1.25. The predicted molar refractivity (Wildman–Crippen MR) is 42.1 cm³/mol. The molecular formula is C6H13NO3S. The number of nitrogens with one attached hydrogen (secondary N) is 1. The summed E-state index contributed by atoms with van der Waals surface area (Å²) in [5.41, 5.74) is 0. The molecule has 1 fully saturated rings. The summed E-state index contributed by atoms with van der Waals surface area (Å²) in [4.78, 5) is 0. The largest absolute Gasteiger partial charge is 0.395 e. The number of hydrogen-bond donors (Lipinski definition) is 2. The Morgan fingerprint density at radius 3 is 2.55 bits per heavy atom. The van der Waals surface area contributed by atoms with Crippen LogP contribution in [0, 0.1) is 0 Å². The first kappa shape index (κ1) is 8.96. The van der Waals surface area contributed by atoms with E-state index in [-0.39, 0.29) is 30.2 Å². The molecule has 1 aliphatic rings. The van der Waals surface area contributed by atoms with Crippen LogP contribution in [0.2, 0.25) is 0 Å². The van der Waals surface area contributed by atoms with Gasteiger partial charge in [0.2, 0.25) is 0 Å². The zero-order valence-electron chi connectivity index (χ0n) is 6.45. The quantitative estimate of drug-likeness (QED) is 0.568. The molecule has 1 heterocycles. The summed E-state index contributed by atoms with van der Waals surface area (Å²) in [5, 5.41) is 11.6. The summed E-state index contributed by atoms with van der Waals surface area (Å²) >= 11 is 0. The van der Waals surface area contributed by atoms with Gasteiger partial charge in [-0.1, -0.05) is 0 Å². The van der Waals surface area contributed by atoms with Crippen molar-refractivity contribution in [2.75, 3.05) is 18.1 Å². The summed E-state index contributed by atoms with van der Waals surface area (Å²) in [6, 6.07) is 0.0534. The molecule has 5 heteroatoms. The van der Waals surface area contributed by atoms with E-state index in [1.54, 1.807) is 0 Å². The van der Waals surface area contributed by atoms with Crippen LogP contribution in [0.3, 0.4) is 0 Å². The van der Waals surface area contributed by atoms with Crippen LogP contribution in [0.15, 0.2) is 0 Å². The third kappa shape index (κ3) is 2.43. The number of hydrogen-bond acceptors (Lipinski definition) is 4. The minimum Gasteiger partial charge on any atom is -0.395 e. The van der Waals surface area contributed by atoms with Gasteiger partial charge in [-0.25, -0.2) is 8.42 Å². The van der Waals surface area contributed by atoms with Crippen LogP contribution in [-0.2, 0) is 9.84 Å². The molecule has 0 aromatic rings. The first-order valence-corrected chi connectivity index (χ1v) is 5.43. The van der Waals surface area contributed by atoms with Crippen LogP contribution < -0.4 is 5.32 Å². The fourth-order valence-electron chi connectivity index (χ4n) is 1.12. The Bertz CT molecular complexity index is 212. The van der Waals surface area contributed by atoms with Gasteiger partial charge in [0.15, 0.2) is 9.84 Å². The van der Waals surface area contributed by atoms with Crippen molar-refractivity contribution in [3.8, 4) is 0 Å². The minimum absolute atomic E-state index is 0.00417. The fourth-order valence-corrected chi connectivity index (χ4v) is 2.44. The molecule has 2 N–H and O–H groups in total. The summed E-state index contributed by atoms with van der Waals surface area (Å²) in [6.07, 6.45) is 0. The van der Waals surface area contributed by atoms with Crippen molar-refractivity contribution in [2.45, 2.75) is 19.0 Å². The van der Waals surface area contributed by atoms with Crippen molar-refractivity contribution >= 4 is 9.84 Å². The molecule has 11 heavy (non-hydrogen) atoms. The van der Waals surface area contributed by atoms with E-state index in [1.165, 1.54) is 0 Å². The first-order chi connectivity index (χ1) is 5.03. The SMILES string of the molecule is CC(CO)NC1CS(=O)(=O)C1. The van der Waals surface area contributed by atoms with Gasteiger partial charge in [-0.2, -0.15) is 0 Å². The highest BCUT2D eigenvalue weighted by Gasteiger charge is 2.33. The zero-order chi connectivity index (χ0) is 8.48. The molecule has 1 rings (SSSR count). The van der Waals surface area contributed by atoms with E-state index in [2.05, 4.69) is 5.32 Å². The second-order valence-corrected chi connectivity index (χ2v) is 5.18. The molecule has 0 spiro atoms. The van der Waals surface area contributed by atoms with Gasteiger partial charge in [-0.05, 0) is 6.92 Å². The molecule has 1 aliphatic heterocycles. The third-order valence-electron chi connectivity index (χ3n) is 1.70. The van der Waals surface area contributed by atoms with Gasteiger partial charge >= 0.3 is 0 Å². The summed E-state index contributed by atoms with van der Waals surface area (Å²) in [5.74, 6) is 0.439. The van der Waals surface area contributed by atoms with Gasteiger partial charge in [0.05, 0.1) is 18.1 Å². The molecule has 1 saturated heterocycles. The third-order valence-corrected chi connectivity index (χ3v) is 3.52. The highest BCUT2D eigenvalue weighted by Crippen LogP contribution is 2.10. The molecular weight excluding hydrogens is 166 g/mol. The Balaban J connectivity index is 2.24. The molecule has 0 bridgehead atoms.